The molecule has 8 rings (SSSR count). The SMILES string of the molecule is COC(=O)N[C@H](C(=O)N1CCS[C@H]1C1=NC=C(c2ccc(-c3ccc(-c4cnc([C@@H]5SCCN5C(=O)[C@@H](NC(=O)OC)C(C)C)[nH]4)cc3)c3c2CCC32CCCC2)C1)C(C)C. The number of thioether (sulfide) groups is 2. The molecule has 0 bridgehead atoms. The van der Waals surface area contributed by atoms with E-state index < -0.39 is 24.3 Å². The molecule has 324 valence electrons. The highest BCUT2D eigenvalue weighted by atomic mass is 32.2. The minimum atomic E-state index is -0.698. The van der Waals surface area contributed by atoms with Crippen molar-refractivity contribution in [3.63, 3.8) is 0 Å². The number of hydrogen-bond acceptors (Lipinski definition) is 10. The Balaban J connectivity index is 1.01. The van der Waals surface area contributed by atoms with Gasteiger partial charge in [-0.25, -0.2) is 14.6 Å². The number of nitrogens with one attached hydrogen (secondary N) is 3. The van der Waals surface area contributed by atoms with Crippen LogP contribution in [0.15, 0.2) is 53.8 Å². The highest BCUT2D eigenvalue weighted by molar-refractivity contribution is 8.00. The molecule has 4 atom stereocenters. The van der Waals surface area contributed by atoms with Crippen LogP contribution in [0.3, 0.4) is 0 Å². The van der Waals surface area contributed by atoms with Crippen molar-refractivity contribution in [1.82, 2.24) is 30.4 Å². The predicted molar refractivity (Wildman–Crippen MR) is 241 cm³/mol. The molecule has 5 aliphatic rings. The molecule has 13 nitrogen and oxygen atoms in total. The number of H-pyrrole nitrogens is 1. The van der Waals surface area contributed by atoms with Crippen molar-refractivity contribution in [1.29, 1.82) is 0 Å². The van der Waals surface area contributed by atoms with E-state index in [1.807, 2.05) is 45.0 Å². The Kier molecular flexibility index (Phi) is 12.6. The number of carbonyl (C=O) groups is 4. The summed E-state index contributed by atoms with van der Waals surface area (Å²) in [5, 5.41) is 5.01. The lowest BCUT2D eigenvalue weighted by Gasteiger charge is -2.30. The number of allylic oxidation sites excluding steroid dienone is 1. The number of methoxy groups -OCH3 is 2. The molecule has 0 radical (unpaired) electrons. The van der Waals surface area contributed by atoms with Crippen molar-refractivity contribution in [3.8, 4) is 22.4 Å². The maximum atomic E-state index is 13.8. The zero-order valence-corrected chi connectivity index (χ0v) is 37.5. The number of nitrogens with zero attached hydrogens (tertiary/aromatic N) is 4. The fraction of sp³-hybridized carbons (Fsp3) is 0.522. The average molecular weight is 868 g/mol. The zero-order chi connectivity index (χ0) is 43.0. The number of aromatic nitrogens is 2. The Morgan fingerprint density at radius 2 is 1.36 bits per heavy atom. The van der Waals surface area contributed by atoms with Gasteiger partial charge >= 0.3 is 12.2 Å². The summed E-state index contributed by atoms with van der Waals surface area (Å²) in [6.07, 6.45) is 10.4. The number of imidazole rings is 1. The first-order valence-electron chi connectivity index (χ1n) is 21.5. The largest absolute Gasteiger partial charge is 0.453 e. The van der Waals surface area contributed by atoms with Gasteiger partial charge in [-0.15, -0.1) is 23.5 Å². The van der Waals surface area contributed by atoms with E-state index in [1.54, 1.807) is 28.4 Å². The zero-order valence-electron chi connectivity index (χ0n) is 35.9. The second-order valence-electron chi connectivity index (χ2n) is 17.4. The topological polar surface area (TPSA) is 158 Å². The summed E-state index contributed by atoms with van der Waals surface area (Å²) in [4.78, 5) is 68.6. The minimum Gasteiger partial charge on any atom is -0.453 e. The summed E-state index contributed by atoms with van der Waals surface area (Å²) in [7, 11) is 2.61. The maximum absolute atomic E-state index is 13.8. The summed E-state index contributed by atoms with van der Waals surface area (Å²) < 4.78 is 9.62. The van der Waals surface area contributed by atoms with Crippen LogP contribution in [0.5, 0.6) is 0 Å². The van der Waals surface area contributed by atoms with Crippen LogP contribution in [0.2, 0.25) is 0 Å². The van der Waals surface area contributed by atoms with Crippen LogP contribution in [-0.2, 0) is 30.9 Å². The van der Waals surface area contributed by atoms with Gasteiger partial charge in [0, 0.05) is 37.2 Å². The molecule has 2 aliphatic carbocycles. The summed E-state index contributed by atoms with van der Waals surface area (Å²) >= 11 is 3.40. The van der Waals surface area contributed by atoms with Gasteiger partial charge in [0.15, 0.2) is 0 Å². The van der Waals surface area contributed by atoms with Crippen LogP contribution in [0.4, 0.5) is 9.59 Å². The van der Waals surface area contributed by atoms with Crippen LogP contribution in [0, 0.1) is 11.8 Å². The molecule has 3 N–H and O–H groups in total. The van der Waals surface area contributed by atoms with Gasteiger partial charge in [0.1, 0.15) is 28.7 Å². The molecule has 3 aliphatic heterocycles. The van der Waals surface area contributed by atoms with E-state index in [1.165, 1.54) is 73.3 Å². The Morgan fingerprint density at radius 3 is 1.97 bits per heavy atom. The van der Waals surface area contributed by atoms with E-state index in [9.17, 15) is 19.2 Å². The number of carbonyl (C=O) groups excluding carboxylic acids is 4. The van der Waals surface area contributed by atoms with Gasteiger partial charge < -0.3 is 34.9 Å². The molecular formula is C46H57N7O6S2. The molecule has 1 spiro atoms. The third-order valence-electron chi connectivity index (χ3n) is 13.1. The Bertz CT molecular complexity index is 2230. The standard InChI is InChI=1S/C46H57N7O6S2/c1-26(2)37(50-44(56)58-5)40(54)52-19-21-60-42(52)34-23-30(24-47-34)31-13-14-32(36-33(31)15-18-46(36)16-7-8-17-46)28-9-11-29(12-10-28)35-25-48-39(49-35)43-53(20-22-61-43)41(55)38(27(3)4)51-45(57)59-6/h9-14,24-27,37-38,42-43H,7-8,15-23H2,1-6H3,(H,48,49)(H,50,56)(H,51,57)/t37-,38-,42-,43-/m0/s1. The fourth-order valence-electron chi connectivity index (χ4n) is 9.95. The number of amides is 4. The molecule has 4 amide bonds. The van der Waals surface area contributed by atoms with E-state index in [-0.39, 0.29) is 39.8 Å². The van der Waals surface area contributed by atoms with Crippen molar-refractivity contribution < 1.29 is 28.7 Å². The maximum Gasteiger partial charge on any atom is 0.407 e. The Labute approximate surface area is 366 Å². The average Bonchev–Trinajstić information content (AvgIpc) is 4.13. The smallest absolute Gasteiger partial charge is 0.407 e. The van der Waals surface area contributed by atoms with Gasteiger partial charge in [-0.1, -0.05) is 76.9 Å². The number of hydrogen-bond donors (Lipinski definition) is 3. The number of aliphatic imine (C=N–C) groups is 1. The van der Waals surface area contributed by atoms with Crippen LogP contribution < -0.4 is 10.6 Å². The highest BCUT2D eigenvalue weighted by Crippen LogP contribution is 2.55. The van der Waals surface area contributed by atoms with Gasteiger partial charge in [0.25, 0.3) is 0 Å². The number of rotatable bonds is 11. The summed E-state index contributed by atoms with van der Waals surface area (Å²) in [6, 6.07) is 12.0. The van der Waals surface area contributed by atoms with Crippen molar-refractivity contribution in [2.24, 2.45) is 16.8 Å². The van der Waals surface area contributed by atoms with Crippen molar-refractivity contribution >= 4 is 58.8 Å². The summed E-state index contributed by atoms with van der Waals surface area (Å²) in [6.45, 7) is 8.86. The molecule has 2 aromatic carbocycles. The number of ether oxygens (including phenoxy) is 2. The van der Waals surface area contributed by atoms with Crippen molar-refractivity contribution in [2.75, 3.05) is 38.8 Å². The van der Waals surface area contributed by atoms with E-state index in [2.05, 4.69) is 52.0 Å². The molecular weight excluding hydrogens is 811 g/mol. The normalized spacial score (nSPS) is 21.4. The van der Waals surface area contributed by atoms with Gasteiger partial charge in [-0.05, 0) is 81.9 Å². The molecule has 1 saturated carbocycles. The van der Waals surface area contributed by atoms with Gasteiger partial charge in [0.05, 0.1) is 31.8 Å². The van der Waals surface area contributed by atoms with Crippen LogP contribution >= 0.6 is 23.5 Å². The lowest BCUT2D eigenvalue weighted by Crippen LogP contribution is -2.53. The fourth-order valence-corrected chi connectivity index (χ4v) is 12.4. The van der Waals surface area contributed by atoms with E-state index in [4.69, 9.17) is 19.5 Å². The number of alkyl carbamates (subject to hydrolysis) is 2. The van der Waals surface area contributed by atoms with Gasteiger partial charge in [0.2, 0.25) is 11.8 Å². The highest BCUT2D eigenvalue weighted by Gasteiger charge is 2.45. The first-order chi connectivity index (χ1) is 29.4. The van der Waals surface area contributed by atoms with Gasteiger partial charge in [-0.3, -0.25) is 14.6 Å². The Hall–Kier alpha value is -4.76. The van der Waals surface area contributed by atoms with Gasteiger partial charge in [-0.2, -0.15) is 0 Å². The van der Waals surface area contributed by atoms with E-state index in [0.29, 0.717) is 25.3 Å². The van der Waals surface area contributed by atoms with E-state index >= 15 is 0 Å². The summed E-state index contributed by atoms with van der Waals surface area (Å²) in [5.74, 6) is 1.85. The third-order valence-corrected chi connectivity index (χ3v) is 15.6. The molecule has 4 heterocycles. The number of fused-ring (bicyclic) bond motifs is 2. The van der Waals surface area contributed by atoms with Crippen molar-refractivity contribution in [2.45, 2.75) is 101 Å². The monoisotopic (exact) mass is 867 g/mol. The van der Waals surface area contributed by atoms with Crippen LogP contribution in [0.1, 0.15) is 94.1 Å². The third kappa shape index (κ3) is 8.31. The molecule has 3 fully saturated rings. The Morgan fingerprint density at radius 1 is 0.787 bits per heavy atom. The molecule has 61 heavy (non-hydrogen) atoms. The molecule has 1 aromatic heterocycles. The minimum absolute atomic E-state index is 0.0933. The van der Waals surface area contributed by atoms with E-state index in [0.717, 1.165) is 41.3 Å². The summed E-state index contributed by atoms with van der Waals surface area (Å²) in [5.41, 5.74) is 10.9. The number of aromatic amines is 1. The second kappa shape index (κ2) is 17.9. The molecule has 15 heteroatoms. The molecule has 2 saturated heterocycles. The number of benzene rings is 2. The first-order valence-corrected chi connectivity index (χ1v) is 23.6. The quantitative estimate of drug-likeness (QED) is 0.174. The van der Waals surface area contributed by atoms with Crippen LogP contribution in [0.25, 0.3) is 28.0 Å². The molecule has 3 aromatic rings. The predicted octanol–water partition coefficient (Wildman–Crippen LogP) is 7.92. The first kappa shape index (κ1) is 42.9. The molecule has 0 unspecified atom stereocenters. The lowest BCUT2D eigenvalue weighted by molar-refractivity contribution is -0.135. The van der Waals surface area contributed by atoms with Crippen LogP contribution in [-0.4, -0.2) is 106 Å². The second-order valence-corrected chi connectivity index (χ2v) is 19.8. The lowest BCUT2D eigenvalue weighted by atomic mass is 9.76. The van der Waals surface area contributed by atoms with Crippen molar-refractivity contribution in [3.05, 3.63) is 71.3 Å².